The van der Waals surface area contributed by atoms with Crippen LogP contribution in [0.4, 0.5) is 5.69 Å². The molecule has 3 nitrogen and oxygen atoms in total. The van der Waals surface area contributed by atoms with E-state index in [-0.39, 0.29) is 5.91 Å². The number of hydrogen-bond donors (Lipinski definition) is 0. The fraction of sp³-hybridized carbons (Fsp3) is 0.364. The number of halogens is 1. The molecule has 1 unspecified atom stereocenters. The van der Waals surface area contributed by atoms with E-state index in [1.54, 1.807) is 26.0 Å². The minimum atomic E-state index is -0.842. The van der Waals surface area contributed by atoms with Crippen LogP contribution >= 0.6 is 15.9 Å². The number of benzene rings is 1. The molecule has 1 amide bonds. The quantitative estimate of drug-likeness (QED) is 0.783. The summed E-state index contributed by atoms with van der Waals surface area (Å²) in [5.74, 6) is -0.0295. The summed E-state index contributed by atoms with van der Waals surface area (Å²) < 4.78 is 6.30. The van der Waals surface area contributed by atoms with E-state index in [0.717, 1.165) is 15.7 Å². The molecule has 2 rings (SSSR count). The maximum Gasteiger partial charge on any atom is 0.263 e. The van der Waals surface area contributed by atoms with Crippen LogP contribution in [0.25, 0.3) is 0 Å². The van der Waals surface area contributed by atoms with Crippen molar-refractivity contribution in [3.8, 4) is 0 Å². The molecule has 0 saturated carbocycles. The fourth-order valence-electron chi connectivity index (χ4n) is 1.93. The average Bonchev–Trinajstić information content (AvgIpc) is 2.42. The molecular weight excluding hydrogens is 258 g/mol. The Bertz CT molecular complexity index is 433. The number of nitrogens with zero attached hydrogens (tertiary/aromatic N) is 1. The molecule has 15 heavy (non-hydrogen) atoms. The normalized spacial score (nSPS) is 24.5. The van der Waals surface area contributed by atoms with Crippen molar-refractivity contribution in [3.05, 3.63) is 28.2 Å². The molecule has 1 aromatic carbocycles. The van der Waals surface area contributed by atoms with Crippen LogP contribution < -0.4 is 4.90 Å². The van der Waals surface area contributed by atoms with Crippen LogP contribution in [0.2, 0.25) is 0 Å². The Labute approximate surface area is 97.2 Å². The lowest BCUT2D eigenvalue weighted by Gasteiger charge is -2.20. The molecule has 80 valence electrons. The van der Waals surface area contributed by atoms with Gasteiger partial charge in [-0.15, -0.1) is 0 Å². The van der Waals surface area contributed by atoms with E-state index in [0.29, 0.717) is 0 Å². The molecule has 0 aliphatic carbocycles. The largest absolute Gasteiger partial charge is 0.364 e. The van der Waals surface area contributed by atoms with E-state index < -0.39 is 5.60 Å². The summed E-state index contributed by atoms with van der Waals surface area (Å²) in [5, 5.41) is 0. The minimum Gasteiger partial charge on any atom is -0.364 e. The zero-order valence-corrected chi connectivity index (χ0v) is 10.5. The lowest BCUT2D eigenvalue weighted by Crippen LogP contribution is -2.37. The van der Waals surface area contributed by atoms with Crippen molar-refractivity contribution in [2.24, 2.45) is 0 Å². The summed E-state index contributed by atoms with van der Waals surface area (Å²) in [4.78, 5) is 13.6. The number of anilines is 1. The monoisotopic (exact) mass is 269 g/mol. The van der Waals surface area contributed by atoms with Crippen molar-refractivity contribution in [2.45, 2.75) is 12.5 Å². The summed E-state index contributed by atoms with van der Waals surface area (Å²) in [5.41, 5.74) is 0.976. The van der Waals surface area contributed by atoms with Crippen LogP contribution in [0.15, 0.2) is 22.7 Å². The van der Waals surface area contributed by atoms with Crippen LogP contribution in [0.1, 0.15) is 12.5 Å². The zero-order valence-electron chi connectivity index (χ0n) is 8.87. The van der Waals surface area contributed by atoms with E-state index in [1.807, 2.05) is 18.2 Å². The van der Waals surface area contributed by atoms with E-state index in [4.69, 9.17) is 4.74 Å². The van der Waals surface area contributed by atoms with E-state index in [1.165, 1.54) is 0 Å². The van der Waals surface area contributed by atoms with Gasteiger partial charge in [-0.25, -0.2) is 0 Å². The van der Waals surface area contributed by atoms with Gasteiger partial charge in [0.25, 0.3) is 5.91 Å². The Morgan fingerprint density at radius 3 is 2.73 bits per heavy atom. The Morgan fingerprint density at radius 2 is 2.13 bits per heavy atom. The molecule has 0 saturated heterocycles. The number of methoxy groups -OCH3 is 1. The van der Waals surface area contributed by atoms with Gasteiger partial charge in [-0.05, 0) is 19.1 Å². The lowest BCUT2D eigenvalue weighted by molar-refractivity contribution is -0.137. The molecule has 1 atom stereocenters. The summed E-state index contributed by atoms with van der Waals surface area (Å²) in [6.45, 7) is 1.80. The molecule has 1 aliphatic heterocycles. The SMILES string of the molecule is COC1(C)C(=O)N(C)c2cc(Br)ccc21. The first-order chi connectivity index (χ1) is 7.00. The number of fused-ring (bicyclic) bond motifs is 1. The van der Waals surface area contributed by atoms with Gasteiger partial charge in [-0.1, -0.05) is 22.0 Å². The summed E-state index contributed by atoms with van der Waals surface area (Å²) in [7, 11) is 3.32. The van der Waals surface area contributed by atoms with Gasteiger partial charge in [-0.2, -0.15) is 0 Å². The first-order valence-electron chi connectivity index (χ1n) is 4.64. The predicted molar refractivity (Wildman–Crippen MR) is 61.9 cm³/mol. The van der Waals surface area contributed by atoms with Crippen molar-refractivity contribution in [3.63, 3.8) is 0 Å². The number of carbonyl (C=O) groups excluding carboxylic acids is 1. The predicted octanol–water partition coefficient (Wildman–Crippen LogP) is 2.29. The number of likely N-dealkylation sites (N-methyl/N-ethyl adjacent to an activating group) is 1. The number of carbonyl (C=O) groups is 1. The molecule has 0 N–H and O–H groups in total. The number of rotatable bonds is 1. The van der Waals surface area contributed by atoms with Gasteiger partial charge >= 0.3 is 0 Å². The van der Waals surface area contributed by atoms with Gasteiger partial charge in [0.2, 0.25) is 0 Å². The van der Waals surface area contributed by atoms with Crippen LogP contribution in [0.5, 0.6) is 0 Å². The van der Waals surface area contributed by atoms with Gasteiger partial charge in [0.15, 0.2) is 5.60 Å². The molecule has 0 aromatic heterocycles. The topological polar surface area (TPSA) is 29.5 Å². The molecule has 0 radical (unpaired) electrons. The Morgan fingerprint density at radius 1 is 1.47 bits per heavy atom. The second kappa shape index (κ2) is 3.32. The van der Waals surface area contributed by atoms with Gasteiger partial charge in [-0.3, -0.25) is 4.79 Å². The van der Waals surface area contributed by atoms with Crippen molar-refractivity contribution in [1.82, 2.24) is 0 Å². The first-order valence-corrected chi connectivity index (χ1v) is 5.43. The second-order valence-corrected chi connectivity index (χ2v) is 4.68. The minimum absolute atomic E-state index is 0.0295. The zero-order chi connectivity index (χ0) is 11.2. The van der Waals surface area contributed by atoms with Crippen molar-refractivity contribution >= 4 is 27.5 Å². The third kappa shape index (κ3) is 1.32. The smallest absolute Gasteiger partial charge is 0.263 e. The number of hydrogen-bond acceptors (Lipinski definition) is 2. The first kappa shape index (κ1) is 10.6. The Balaban J connectivity index is 2.66. The molecule has 4 heteroatoms. The third-order valence-corrected chi connectivity index (χ3v) is 3.45. The summed E-state index contributed by atoms with van der Waals surface area (Å²) >= 11 is 3.39. The highest BCUT2D eigenvalue weighted by molar-refractivity contribution is 9.10. The van der Waals surface area contributed by atoms with Gasteiger partial charge in [0, 0.05) is 24.2 Å². The molecule has 1 aliphatic rings. The molecular formula is C11H12BrNO2. The molecule has 1 aromatic rings. The van der Waals surface area contributed by atoms with Crippen LogP contribution in [-0.2, 0) is 15.1 Å². The molecule has 0 bridgehead atoms. The van der Waals surface area contributed by atoms with Crippen LogP contribution in [0.3, 0.4) is 0 Å². The number of ether oxygens (including phenoxy) is 1. The van der Waals surface area contributed by atoms with E-state index >= 15 is 0 Å². The van der Waals surface area contributed by atoms with Crippen LogP contribution in [0, 0.1) is 0 Å². The Kier molecular flexibility index (Phi) is 2.35. The lowest BCUT2D eigenvalue weighted by atomic mass is 9.98. The van der Waals surface area contributed by atoms with E-state index in [9.17, 15) is 4.79 Å². The standard InChI is InChI=1S/C11H12BrNO2/c1-11(15-3)8-5-4-7(12)6-9(8)13(2)10(11)14/h4-6H,1-3H3. The molecule has 0 spiro atoms. The maximum absolute atomic E-state index is 12.0. The summed E-state index contributed by atoms with van der Waals surface area (Å²) in [6, 6.07) is 5.77. The van der Waals surface area contributed by atoms with Gasteiger partial charge in [0.05, 0.1) is 5.69 Å². The number of amides is 1. The molecule has 0 fully saturated rings. The maximum atomic E-state index is 12.0. The second-order valence-electron chi connectivity index (χ2n) is 3.76. The average molecular weight is 270 g/mol. The van der Waals surface area contributed by atoms with E-state index in [2.05, 4.69) is 15.9 Å². The third-order valence-electron chi connectivity index (χ3n) is 2.96. The highest BCUT2D eigenvalue weighted by Gasteiger charge is 2.46. The fourth-order valence-corrected chi connectivity index (χ4v) is 2.28. The van der Waals surface area contributed by atoms with Crippen LogP contribution in [-0.4, -0.2) is 20.1 Å². The van der Waals surface area contributed by atoms with Crippen molar-refractivity contribution in [1.29, 1.82) is 0 Å². The van der Waals surface area contributed by atoms with Gasteiger partial charge < -0.3 is 9.64 Å². The van der Waals surface area contributed by atoms with Gasteiger partial charge in [0.1, 0.15) is 0 Å². The highest BCUT2D eigenvalue weighted by atomic mass is 79.9. The Hall–Kier alpha value is -0.870. The summed E-state index contributed by atoms with van der Waals surface area (Å²) in [6.07, 6.45) is 0. The highest BCUT2D eigenvalue weighted by Crippen LogP contribution is 2.42. The van der Waals surface area contributed by atoms with Crippen molar-refractivity contribution < 1.29 is 9.53 Å². The molecule has 1 heterocycles. The van der Waals surface area contributed by atoms with Crippen molar-refractivity contribution in [2.75, 3.05) is 19.1 Å².